The second kappa shape index (κ2) is 4.08. The number of quaternary nitrogens is 1. The van der Waals surface area contributed by atoms with Crippen LogP contribution in [-0.4, -0.2) is 42.2 Å². The molecule has 4 fully saturated rings. The molecule has 1 aromatic carbocycles. The molecule has 0 amide bonds. The smallest absolute Gasteiger partial charge is 0.135 e. The first-order chi connectivity index (χ1) is 9.40. The van der Waals surface area contributed by atoms with E-state index in [2.05, 4.69) is 58.9 Å². The van der Waals surface area contributed by atoms with E-state index in [0.29, 0.717) is 10.8 Å². The molecule has 4 aliphatic heterocycles. The molecular formula is C17H24BrN2+. The van der Waals surface area contributed by atoms with Crippen LogP contribution in [0.2, 0.25) is 0 Å². The Balaban J connectivity index is 1.69. The van der Waals surface area contributed by atoms with E-state index in [1.54, 1.807) is 0 Å². The van der Waals surface area contributed by atoms with Crippen molar-refractivity contribution in [3.8, 4) is 0 Å². The standard InChI is InChI=1S/C17H24BrN2/c1-16-8-17(2)10-19(9-16)13-20(11-16,12-17)7-14-5-3-4-6-15(14)18/h3-6H,7-13H2,1-2H3/q+1/t16-,17+,20?. The topological polar surface area (TPSA) is 3.24 Å². The Bertz CT molecular complexity index is 538. The minimum absolute atomic E-state index is 0.532. The van der Waals surface area contributed by atoms with Crippen LogP contribution in [0.15, 0.2) is 28.7 Å². The van der Waals surface area contributed by atoms with Crippen molar-refractivity contribution in [3.05, 3.63) is 34.3 Å². The Kier molecular flexibility index (Phi) is 2.72. The highest BCUT2D eigenvalue weighted by Crippen LogP contribution is 2.52. The summed E-state index contributed by atoms with van der Waals surface area (Å²) in [6, 6.07) is 8.77. The van der Waals surface area contributed by atoms with Gasteiger partial charge in [0.25, 0.3) is 0 Å². The van der Waals surface area contributed by atoms with Gasteiger partial charge in [0, 0.05) is 34.0 Å². The first kappa shape index (κ1) is 13.3. The molecular weight excluding hydrogens is 312 g/mol. The Morgan fingerprint density at radius 3 is 2.40 bits per heavy atom. The van der Waals surface area contributed by atoms with E-state index in [1.807, 2.05) is 0 Å². The van der Waals surface area contributed by atoms with Gasteiger partial charge in [0.05, 0.1) is 13.1 Å². The van der Waals surface area contributed by atoms with Gasteiger partial charge >= 0.3 is 0 Å². The van der Waals surface area contributed by atoms with E-state index in [9.17, 15) is 0 Å². The summed E-state index contributed by atoms with van der Waals surface area (Å²) in [5, 5.41) is 0. The molecule has 0 N–H and O–H groups in total. The molecule has 20 heavy (non-hydrogen) atoms. The van der Waals surface area contributed by atoms with Gasteiger partial charge in [0.2, 0.25) is 0 Å². The van der Waals surface area contributed by atoms with E-state index in [-0.39, 0.29) is 0 Å². The number of halogens is 1. The Labute approximate surface area is 130 Å². The maximum absolute atomic E-state index is 3.74. The first-order valence-corrected chi connectivity index (χ1v) is 8.50. The van der Waals surface area contributed by atoms with Crippen LogP contribution >= 0.6 is 15.9 Å². The zero-order valence-corrected chi connectivity index (χ0v) is 14.1. The third kappa shape index (κ3) is 2.06. The van der Waals surface area contributed by atoms with Crippen LogP contribution in [-0.2, 0) is 6.54 Å². The number of rotatable bonds is 2. The van der Waals surface area contributed by atoms with Gasteiger partial charge in [-0.2, -0.15) is 0 Å². The van der Waals surface area contributed by atoms with Gasteiger partial charge in [-0.3, -0.25) is 4.90 Å². The summed E-state index contributed by atoms with van der Waals surface area (Å²) in [6.45, 7) is 12.8. The van der Waals surface area contributed by atoms with Crippen molar-refractivity contribution in [2.24, 2.45) is 10.8 Å². The average molecular weight is 336 g/mol. The fraction of sp³-hybridized carbons (Fsp3) is 0.647. The van der Waals surface area contributed by atoms with Gasteiger partial charge in [0.15, 0.2) is 0 Å². The number of hydrogen-bond donors (Lipinski definition) is 0. The largest absolute Gasteiger partial charge is 0.306 e. The lowest BCUT2D eigenvalue weighted by Gasteiger charge is -2.66. The molecule has 4 heterocycles. The van der Waals surface area contributed by atoms with Gasteiger partial charge in [-0.1, -0.05) is 48.0 Å². The summed E-state index contributed by atoms with van der Waals surface area (Å²) in [5.74, 6) is 0. The third-order valence-corrected chi connectivity index (χ3v) is 6.24. The maximum Gasteiger partial charge on any atom is 0.135 e. The van der Waals surface area contributed by atoms with Gasteiger partial charge in [-0.15, -0.1) is 0 Å². The van der Waals surface area contributed by atoms with E-state index >= 15 is 0 Å². The monoisotopic (exact) mass is 335 g/mol. The number of piperidine rings is 2. The summed E-state index contributed by atoms with van der Waals surface area (Å²) in [6.07, 6.45) is 1.42. The summed E-state index contributed by atoms with van der Waals surface area (Å²) in [7, 11) is 0. The van der Waals surface area contributed by atoms with Crippen LogP contribution in [0.3, 0.4) is 0 Å². The molecule has 3 heteroatoms. The maximum atomic E-state index is 3.74. The molecule has 4 aliphatic rings. The van der Waals surface area contributed by atoms with E-state index < -0.39 is 0 Å². The molecule has 1 aromatic rings. The molecule has 0 aliphatic carbocycles. The van der Waals surface area contributed by atoms with Crippen molar-refractivity contribution in [1.29, 1.82) is 0 Å². The number of hydrogen-bond acceptors (Lipinski definition) is 1. The minimum Gasteiger partial charge on any atom is -0.306 e. The van der Waals surface area contributed by atoms with Crippen LogP contribution in [0, 0.1) is 10.8 Å². The van der Waals surface area contributed by atoms with Crippen molar-refractivity contribution in [1.82, 2.24) is 4.90 Å². The minimum atomic E-state index is 0.532. The fourth-order valence-electron chi connectivity index (χ4n) is 5.94. The second-order valence-electron chi connectivity index (χ2n) is 8.33. The lowest BCUT2D eigenvalue weighted by atomic mass is 9.63. The molecule has 4 bridgehead atoms. The summed E-state index contributed by atoms with van der Waals surface area (Å²) < 4.78 is 2.55. The molecule has 0 aromatic heterocycles. The van der Waals surface area contributed by atoms with Crippen LogP contribution in [0.1, 0.15) is 25.8 Å². The number of nitrogens with zero attached hydrogens (tertiary/aromatic N) is 2. The fourth-order valence-corrected chi connectivity index (χ4v) is 6.35. The SMILES string of the molecule is C[C@]12CN3C[C@](C)(C1)C[N+](Cc1ccccc1Br)(C3)C2. The highest BCUT2D eigenvalue weighted by molar-refractivity contribution is 9.10. The molecule has 2 unspecified atom stereocenters. The second-order valence-corrected chi connectivity index (χ2v) is 9.19. The van der Waals surface area contributed by atoms with Crippen LogP contribution < -0.4 is 0 Å². The van der Waals surface area contributed by atoms with Gasteiger partial charge in [-0.25, -0.2) is 0 Å². The molecule has 5 rings (SSSR count). The van der Waals surface area contributed by atoms with Crippen molar-refractivity contribution in [3.63, 3.8) is 0 Å². The number of benzene rings is 1. The Morgan fingerprint density at radius 1 is 1.15 bits per heavy atom. The highest BCUT2D eigenvalue weighted by Gasteiger charge is 2.60. The molecule has 0 spiro atoms. The van der Waals surface area contributed by atoms with Gasteiger partial charge in [-0.05, 0) is 12.5 Å². The zero-order chi connectivity index (χ0) is 14.0. The van der Waals surface area contributed by atoms with E-state index in [4.69, 9.17) is 0 Å². The average Bonchev–Trinajstić information content (AvgIpc) is 2.27. The molecule has 108 valence electrons. The molecule has 0 radical (unpaired) electrons. The lowest BCUT2D eigenvalue weighted by Crippen LogP contribution is -2.77. The zero-order valence-electron chi connectivity index (χ0n) is 12.5. The van der Waals surface area contributed by atoms with Gasteiger partial charge in [0.1, 0.15) is 13.2 Å². The Hall–Kier alpha value is -0.380. The van der Waals surface area contributed by atoms with Crippen molar-refractivity contribution in [2.45, 2.75) is 26.8 Å². The van der Waals surface area contributed by atoms with Gasteiger partial charge < -0.3 is 4.48 Å². The lowest BCUT2D eigenvalue weighted by molar-refractivity contribution is -0.981. The normalized spacial score (nSPS) is 45.9. The van der Waals surface area contributed by atoms with Crippen molar-refractivity contribution < 1.29 is 4.48 Å². The molecule has 2 nitrogen and oxygen atoms in total. The summed E-state index contributed by atoms with van der Waals surface area (Å²) >= 11 is 3.74. The van der Waals surface area contributed by atoms with Crippen LogP contribution in [0.5, 0.6) is 0 Å². The van der Waals surface area contributed by atoms with Crippen molar-refractivity contribution >= 4 is 15.9 Å². The first-order valence-electron chi connectivity index (χ1n) is 7.70. The quantitative estimate of drug-likeness (QED) is 0.748. The van der Waals surface area contributed by atoms with Crippen molar-refractivity contribution in [2.75, 3.05) is 32.8 Å². The van der Waals surface area contributed by atoms with Crippen LogP contribution in [0.4, 0.5) is 0 Å². The predicted octanol–water partition coefficient (Wildman–Crippen LogP) is 3.47. The summed E-state index contributed by atoms with van der Waals surface area (Å²) in [4.78, 5) is 2.73. The Morgan fingerprint density at radius 2 is 1.80 bits per heavy atom. The van der Waals surface area contributed by atoms with E-state index in [1.165, 1.54) is 60.3 Å². The predicted molar refractivity (Wildman–Crippen MR) is 85.1 cm³/mol. The van der Waals surface area contributed by atoms with Crippen LogP contribution in [0.25, 0.3) is 0 Å². The highest BCUT2D eigenvalue weighted by atomic mass is 79.9. The molecule has 0 saturated carbocycles. The molecule has 4 saturated heterocycles. The van der Waals surface area contributed by atoms with E-state index in [0.717, 1.165) is 0 Å². The molecule has 4 atom stereocenters. The summed E-state index contributed by atoms with van der Waals surface area (Å²) in [5.41, 5.74) is 2.54. The third-order valence-electron chi connectivity index (χ3n) is 5.46.